The maximum Gasteiger partial charge on any atom is 0.248 e. The summed E-state index contributed by atoms with van der Waals surface area (Å²) in [5.41, 5.74) is 5.86. The lowest BCUT2D eigenvalue weighted by atomic mass is 10.2. The molecule has 3 N–H and O–H groups in total. The van der Waals surface area contributed by atoms with Gasteiger partial charge >= 0.3 is 0 Å². The van der Waals surface area contributed by atoms with Gasteiger partial charge in [-0.1, -0.05) is 0 Å². The highest BCUT2D eigenvalue weighted by Crippen LogP contribution is 2.19. The van der Waals surface area contributed by atoms with Crippen LogP contribution in [-0.4, -0.2) is 4.98 Å². The van der Waals surface area contributed by atoms with Crippen molar-refractivity contribution in [3.63, 3.8) is 0 Å². The van der Waals surface area contributed by atoms with Crippen LogP contribution in [0.25, 0.3) is 10.9 Å². The average molecular weight is 178 g/mol. The van der Waals surface area contributed by atoms with Gasteiger partial charge in [0.25, 0.3) is 0 Å². The van der Waals surface area contributed by atoms with Gasteiger partial charge in [0.05, 0.1) is 5.52 Å². The van der Waals surface area contributed by atoms with E-state index >= 15 is 0 Å². The fourth-order valence-corrected chi connectivity index (χ4v) is 1.24. The van der Waals surface area contributed by atoms with Crippen molar-refractivity contribution in [1.29, 1.82) is 0 Å². The highest BCUT2D eigenvalue weighted by molar-refractivity contribution is 5.90. The number of hydrogen-bond donors (Lipinski definition) is 2. The maximum absolute atomic E-state index is 13.1. The molecule has 0 bridgehead atoms. The highest BCUT2D eigenvalue weighted by atomic mass is 19.1. The van der Waals surface area contributed by atoms with Gasteiger partial charge in [0, 0.05) is 17.1 Å². The molecule has 0 radical (unpaired) electrons. The second kappa shape index (κ2) is 2.58. The van der Waals surface area contributed by atoms with E-state index in [1.807, 2.05) is 0 Å². The number of benzene rings is 1. The Balaban J connectivity index is 3.00. The van der Waals surface area contributed by atoms with Crippen molar-refractivity contribution >= 4 is 16.6 Å². The number of H-pyrrole nitrogens is 1. The molecule has 0 saturated carbocycles. The normalized spacial score (nSPS) is 10.5. The van der Waals surface area contributed by atoms with Crippen molar-refractivity contribution in [3.05, 3.63) is 40.4 Å². The Kier molecular flexibility index (Phi) is 1.55. The standard InChI is InChI=1S/C9H7FN2O/c10-6-2-3-7(11)5-1-4-8(13)12-9(5)6/h1-4H,11H2,(H,12,13). The Hall–Kier alpha value is -1.84. The lowest BCUT2D eigenvalue weighted by molar-refractivity contribution is 0.636. The first-order chi connectivity index (χ1) is 6.18. The van der Waals surface area contributed by atoms with Gasteiger partial charge in [0.1, 0.15) is 5.82 Å². The zero-order valence-corrected chi connectivity index (χ0v) is 6.67. The Morgan fingerprint density at radius 2 is 2.00 bits per heavy atom. The van der Waals surface area contributed by atoms with E-state index in [0.29, 0.717) is 11.1 Å². The first kappa shape index (κ1) is 7.79. The van der Waals surface area contributed by atoms with Gasteiger partial charge in [-0.2, -0.15) is 0 Å². The molecule has 0 amide bonds. The quantitative estimate of drug-likeness (QED) is 0.596. The molecule has 0 aliphatic heterocycles. The summed E-state index contributed by atoms with van der Waals surface area (Å²) < 4.78 is 13.1. The molecule has 3 nitrogen and oxygen atoms in total. The number of hydrogen-bond acceptors (Lipinski definition) is 2. The van der Waals surface area contributed by atoms with Crippen LogP contribution in [0.3, 0.4) is 0 Å². The SMILES string of the molecule is Nc1ccc(F)c2[nH]c(=O)ccc12. The number of nitrogens with one attached hydrogen (secondary N) is 1. The van der Waals surface area contributed by atoms with Crippen molar-refractivity contribution in [2.24, 2.45) is 0 Å². The number of rotatable bonds is 0. The van der Waals surface area contributed by atoms with Crippen LogP contribution in [-0.2, 0) is 0 Å². The van der Waals surface area contributed by atoms with Crippen LogP contribution < -0.4 is 11.3 Å². The topological polar surface area (TPSA) is 58.9 Å². The average Bonchev–Trinajstić information content (AvgIpc) is 2.12. The number of halogens is 1. The Bertz CT molecular complexity index is 518. The van der Waals surface area contributed by atoms with E-state index in [1.54, 1.807) is 0 Å². The molecule has 0 unspecified atom stereocenters. The molecule has 2 rings (SSSR count). The summed E-state index contributed by atoms with van der Waals surface area (Å²) in [6, 6.07) is 5.52. The number of aromatic amines is 1. The molecule has 0 saturated heterocycles. The molecule has 66 valence electrons. The summed E-state index contributed by atoms with van der Waals surface area (Å²) in [5, 5.41) is 0.527. The third-order valence-electron chi connectivity index (χ3n) is 1.88. The van der Waals surface area contributed by atoms with Crippen LogP contribution >= 0.6 is 0 Å². The lowest BCUT2D eigenvalue weighted by Crippen LogP contribution is -2.04. The van der Waals surface area contributed by atoms with Crippen molar-refractivity contribution in [2.45, 2.75) is 0 Å². The van der Waals surface area contributed by atoms with Gasteiger partial charge in [-0.3, -0.25) is 4.79 Å². The molecule has 1 heterocycles. The van der Waals surface area contributed by atoms with Gasteiger partial charge in [0.15, 0.2) is 0 Å². The van der Waals surface area contributed by atoms with Gasteiger partial charge in [-0.15, -0.1) is 0 Å². The number of pyridine rings is 1. The summed E-state index contributed by atoms with van der Waals surface area (Å²) in [5.74, 6) is -0.470. The second-order valence-electron chi connectivity index (χ2n) is 2.75. The molecular weight excluding hydrogens is 171 g/mol. The van der Waals surface area contributed by atoms with Crippen LogP contribution in [0.1, 0.15) is 0 Å². The predicted octanol–water partition coefficient (Wildman–Crippen LogP) is 1.25. The smallest absolute Gasteiger partial charge is 0.248 e. The summed E-state index contributed by atoms with van der Waals surface area (Å²) in [6.45, 7) is 0. The van der Waals surface area contributed by atoms with E-state index in [1.165, 1.54) is 24.3 Å². The molecule has 1 aromatic heterocycles. The highest BCUT2D eigenvalue weighted by Gasteiger charge is 2.03. The number of nitrogens with two attached hydrogens (primary N) is 1. The van der Waals surface area contributed by atoms with Gasteiger partial charge in [-0.25, -0.2) is 4.39 Å². The first-order valence-corrected chi connectivity index (χ1v) is 3.75. The fraction of sp³-hybridized carbons (Fsp3) is 0. The molecule has 1 aromatic carbocycles. The van der Waals surface area contributed by atoms with Crippen LogP contribution in [0.4, 0.5) is 10.1 Å². The Morgan fingerprint density at radius 3 is 2.77 bits per heavy atom. The minimum atomic E-state index is -0.470. The lowest BCUT2D eigenvalue weighted by Gasteiger charge is -2.01. The summed E-state index contributed by atoms with van der Waals surface area (Å²) in [4.78, 5) is 13.3. The monoisotopic (exact) mass is 178 g/mol. The van der Waals surface area contributed by atoms with E-state index in [0.717, 1.165) is 0 Å². The largest absolute Gasteiger partial charge is 0.398 e. The van der Waals surface area contributed by atoms with Gasteiger partial charge < -0.3 is 10.7 Å². The molecule has 0 spiro atoms. The Labute approximate surface area is 73.0 Å². The van der Waals surface area contributed by atoms with E-state index in [-0.39, 0.29) is 11.1 Å². The number of fused-ring (bicyclic) bond motifs is 1. The van der Waals surface area contributed by atoms with Gasteiger partial charge in [-0.05, 0) is 18.2 Å². The zero-order valence-electron chi connectivity index (χ0n) is 6.67. The summed E-state index contributed by atoms with van der Waals surface area (Å²) in [6.07, 6.45) is 0. The van der Waals surface area contributed by atoms with Crippen LogP contribution in [0, 0.1) is 5.82 Å². The molecule has 0 fully saturated rings. The fourth-order valence-electron chi connectivity index (χ4n) is 1.24. The van der Waals surface area contributed by atoms with Crippen molar-refractivity contribution in [1.82, 2.24) is 4.98 Å². The number of nitrogen functional groups attached to an aromatic ring is 1. The van der Waals surface area contributed by atoms with E-state index in [9.17, 15) is 9.18 Å². The van der Waals surface area contributed by atoms with Crippen LogP contribution in [0.5, 0.6) is 0 Å². The second-order valence-corrected chi connectivity index (χ2v) is 2.75. The number of aromatic nitrogens is 1. The zero-order chi connectivity index (χ0) is 9.42. The maximum atomic E-state index is 13.1. The number of anilines is 1. The summed E-state index contributed by atoms with van der Waals surface area (Å²) in [7, 11) is 0. The van der Waals surface area contributed by atoms with Gasteiger partial charge in [0.2, 0.25) is 5.56 Å². The molecule has 2 aromatic rings. The molecule has 0 aliphatic rings. The van der Waals surface area contributed by atoms with E-state index in [4.69, 9.17) is 5.73 Å². The molecule has 4 heteroatoms. The summed E-state index contributed by atoms with van der Waals surface area (Å²) >= 11 is 0. The van der Waals surface area contributed by atoms with Crippen molar-refractivity contribution < 1.29 is 4.39 Å². The minimum Gasteiger partial charge on any atom is -0.398 e. The molecule has 0 atom stereocenters. The molecule has 13 heavy (non-hydrogen) atoms. The molecule has 0 aliphatic carbocycles. The van der Waals surface area contributed by atoms with E-state index < -0.39 is 5.82 Å². The minimum absolute atomic E-state index is 0.160. The Morgan fingerprint density at radius 1 is 1.23 bits per heavy atom. The van der Waals surface area contributed by atoms with E-state index in [2.05, 4.69) is 4.98 Å². The van der Waals surface area contributed by atoms with Crippen molar-refractivity contribution in [3.8, 4) is 0 Å². The molecular formula is C9H7FN2O. The third-order valence-corrected chi connectivity index (χ3v) is 1.88. The van der Waals surface area contributed by atoms with Crippen LogP contribution in [0.15, 0.2) is 29.1 Å². The van der Waals surface area contributed by atoms with Crippen molar-refractivity contribution in [2.75, 3.05) is 5.73 Å². The predicted molar refractivity (Wildman–Crippen MR) is 48.9 cm³/mol. The van der Waals surface area contributed by atoms with Crippen LogP contribution in [0.2, 0.25) is 0 Å². The third kappa shape index (κ3) is 1.16. The first-order valence-electron chi connectivity index (χ1n) is 3.75.